The minimum Gasteiger partial charge on any atom is -0.329 e. The average molecular weight is 341 g/mol. The molecule has 0 aliphatic carbocycles. The second kappa shape index (κ2) is 6.09. The van der Waals surface area contributed by atoms with E-state index in [2.05, 4.69) is 20.5 Å². The third-order valence-corrected chi connectivity index (χ3v) is 5.50. The van der Waals surface area contributed by atoms with E-state index in [-0.39, 0.29) is 0 Å². The van der Waals surface area contributed by atoms with Crippen LogP contribution in [0.25, 0.3) is 0 Å². The zero-order valence-electron chi connectivity index (χ0n) is 10.3. The van der Waals surface area contributed by atoms with Crippen LogP contribution >= 0.6 is 46.0 Å². The largest absolute Gasteiger partial charge is 0.329 e. The minimum absolute atomic E-state index is 0.660. The molecule has 0 atom stereocenters. The Labute approximate surface area is 133 Å². The van der Waals surface area contributed by atoms with Crippen molar-refractivity contribution in [3.05, 3.63) is 40.4 Å². The number of para-hydroxylation sites is 1. The van der Waals surface area contributed by atoms with Gasteiger partial charge in [-0.05, 0) is 30.8 Å². The van der Waals surface area contributed by atoms with Gasteiger partial charge in [0.2, 0.25) is 5.13 Å². The van der Waals surface area contributed by atoms with Crippen molar-refractivity contribution in [3.63, 3.8) is 0 Å². The fraction of sp³-hybridized carbons (Fsp3) is 0.0833. The molecule has 0 aliphatic heterocycles. The fourth-order valence-corrected chi connectivity index (χ4v) is 4.53. The molecule has 8 heteroatoms. The number of nitrogens with one attached hydrogen (secondary N) is 1. The SMILES string of the molecule is Cc1cnc(Sc2nnc(Nc3ccccc3Cl)s2)s1. The van der Waals surface area contributed by atoms with Crippen molar-refractivity contribution >= 4 is 56.9 Å². The van der Waals surface area contributed by atoms with Gasteiger partial charge in [-0.15, -0.1) is 21.5 Å². The number of aryl methyl sites for hydroxylation is 1. The predicted molar refractivity (Wildman–Crippen MR) is 85.6 cm³/mol. The van der Waals surface area contributed by atoms with Crippen molar-refractivity contribution in [1.82, 2.24) is 15.2 Å². The number of hydrogen-bond acceptors (Lipinski definition) is 7. The Bertz CT molecular complexity index is 725. The third kappa shape index (κ3) is 3.29. The van der Waals surface area contributed by atoms with Gasteiger partial charge in [-0.3, -0.25) is 0 Å². The first-order valence-corrected chi connectivity index (χ1v) is 8.49. The van der Waals surface area contributed by atoms with E-state index in [0.29, 0.717) is 10.2 Å². The molecule has 0 unspecified atom stereocenters. The highest BCUT2D eigenvalue weighted by molar-refractivity contribution is 8.02. The van der Waals surface area contributed by atoms with Crippen LogP contribution in [0, 0.1) is 6.92 Å². The topological polar surface area (TPSA) is 50.7 Å². The zero-order valence-corrected chi connectivity index (χ0v) is 13.5. The second-order valence-corrected chi connectivity index (χ2v) is 7.93. The smallest absolute Gasteiger partial charge is 0.210 e. The van der Waals surface area contributed by atoms with E-state index in [1.807, 2.05) is 37.4 Å². The highest BCUT2D eigenvalue weighted by Gasteiger charge is 2.09. The summed E-state index contributed by atoms with van der Waals surface area (Å²) in [5.74, 6) is 0. The van der Waals surface area contributed by atoms with Crippen LogP contribution in [0.3, 0.4) is 0 Å². The normalized spacial score (nSPS) is 10.7. The molecule has 0 aliphatic rings. The lowest BCUT2D eigenvalue weighted by atomic mass is 10.3. The standard InChI is InChI=1S/C12H9ClN4S3/c1-7-6-14-11(18-7)20-12-17-16-10(19-12)15-9-5-3-2-4-8(9)13/h2-6H,1H3,(H,15,16). The molecule has 4 nitrogen and oxygen atoms in total. The Morgan fingerprint density at radius 2 is 2.00 bits per heavy atom. The van der Waals surface area contributed by atoms with E-state index < -0.39 is 0 Å². The van der Waals surface area contributed by atoms with Gasteiger partial charge >= 0.3 is 0 Å². The van der Waals surface area contributed by atoms with Gasteiger partial charge in [0, 0.05) is 11.1 Å². The Hall–Kier alpha value is -1.15. The molecular weight excluding hydrogens is 332 g/mol. The number of aromatic nitrogens is 3. The van der Waals surface area contributed by atoms with E-state index >= 15 is 0 Å². The summed E-state index contributed by atoms with van der Waals surface area (Å²) in [6.07, 6.45) is 1.86. The van der Waals surface area contributed by atoms with Gasteiger partial charge in [0.25, 0.3) is 0 Å². The van der Waals surface area contributed by atoms with Crippen LogP contribution in [0.2, 0.25) is 5.02 Å². The average Bonchev–Trinajstić information content (AvgIpc) is 3.02. The quantitative estimate of drug-likeness (QED) is 0.735. The summed E-state index contributed by atoms with van der Waals surface area (Å²) in [4.78, 5) is 5.48. The van der Waals surface area contributed by atoms with Gasteiger partial charge in [0.1, 0.15) is 0 Å². The molecular formula is C12H9ClN4S3. The van der Waals surface area contributed by atoms with E-state index in [1.54, 1.807) is 11.3 Å². The Kier molecular flexibility index (Phi) is 4.21. The molecule has 3 aromatic rings. The number of halogens is 1. The van der Waals surface area contributed by atoms with Crippen LogP contribution in [0.5, 0.6) is 0 Å². The summed E-state index contributed by atoms with van der Waals surface area (Å²) in [7, 11) is 0. The molecule has 0 fully saturated rings. The van der Waals surface area contributed by atoms with Crippen LogP contribution in [0.1, 0.15) is 4.88 Å². The third-order valence-electron chi connectivity index (χ3n) is 2.30. The van der Waals surface area contributed by atoms with Crippen LogP contribution in [0.15, 0.2) is 39.1 Å². The maximum atomic E-state index is 6.09. The number of nitrogens with zero attached hydrogens (tertiary/aromatic N) is 3. The molecule has 1 N–H and O–H groups in total. The Morgan fingerprint density at radius 1 is 1.15 bits per heavy atom. The molecule has 2 aromatic heterocycles. The van der Waals surface area contributed by atoms with E-state index in [0.717, 1.165) is 14.4 Å². The fourth-order valence-electron chi connectivity index (χ4n) is 1.44. The molecule has 1 aromatic carbocycles. The van der Waals surface area contributed by atoms with Crippen molar-refractivity contribution in [2.24, 2.45) is 0 Å². The van der Waals surface area contributed by atoms with E-state index in [1.165, 1.54) is 28.0 Å². The predicted octanol–water partition coefficient (Wildman–Crippen LogP) is 4.85. The summed E-state index contributed by atoms with van der Waals surface area (Å²) in [5, 5.41) is 12.8. The highest BCUT2D eigenvalue weighted by atomic mass is 35.5. The van der Waals surface area contributed by atoms with Gasteiger partial charge in [0.05, 0.1) is 10.7 Å². The lowest BCUT2D eigenvalue weighted by molar-refractivity contribution is 1.01. The Balaban J connectivity index is 1.72. The van der Waals surface area contributed by atoms with E-state index in [4.69, 9.17) is 11.6 Å². The van der Waals surface area contributed by atoms with Crippen LogP contribution < -0.4 is 5.32 Å². The zero-order chi connectivity index (χ0) is 13.9. The number of hydrogen-bond donors (Lipinski definition) is 1. The minimum atomic E-state index is 0.660. The first-order chi connectivity index (χ1) is 9.70. The number of anilines is 2. The second-order valence-electron chi connectivity index (χ2n) is 3.82. The monoisotopic (exact) mass is 340 g/mol. The maximum absolute atomic E-state index is 6.09. The number of thiazole rings is 1. The highest BCUT2D eigenvalue weighted by Crippen LogP contribution is 2.35. The summed E-state index contributed by atoms with van der Waals surface area (Å²) >= 11 is 10.7. The molecule has 0 spiro atoms. The summed E-state index contributed by atoms with van der Waals surface area (Å²) in [6.45, 7) is 2.03. The maximum Gasteiger partial charge on any atom is 0.210 e. The summed E-state index contributed by atoms with van der Waals surface area (Å²) in [5.41, 5.74) is 0.826. The molecule has 3 rings (SSSR count). The van der Waals surface area contributed by atoms with Crippen molar-refractivity contribution < 1.29 is 0 Å². The lowest BCUT2D eigenvalue weighted by Crippen LogP contribution is -1.89. The lowest BCUT2D eigenvalue weighted by Gasteiger charge is -2.02. The van der Waals surface area contributed by atoms with Crippen molar-refractivity contribution in [2.75, 3.05) is 5.32 Å². The van der Waals surface area contributed by atoms with Gasteiger partial charge in [-0.1, -0.05) is 35.1 Å². The molecule has 102 valence electrons. The molecule has 0 bridgehead atoms. The van der Waals surface area contributed by atoms with Gasteiger partial charge < -0.3 is 5.32 Å². The number of rotatable bonds is 4. The Morgan fingerprint density at radius 3 is 2.75 bits per heavy atom. The van der Waals surface area contributed by atoms with Crippen molar-refractivity contribution in [2.45, 2.75) is 15.6 Å². The summed E-state index contributed by atoms with van der Waals surface area (Å²) < 4.78 is 1.83. The van der Waals surface area contributed by atoms with Crippen LogP contribution in [-0.2, 0) is 0 Å². The molecule has 20 heavy (non-hydrogen) atoms. The summed E-state index contributed by atoms with van der Waals surface area (Å²) in [6, 6.07) is 7.54. The van der Waals surface area contributed by atoms with Crippen molar-refractivity contribution in [1.29, 1.82) is 0 Å². The molecule has 0 amide bonds. The molecule has 0 radical (unpaired) electrons. The molecule has 2 heterocycles. The first-order valence-electron chi connectivity index (χ1n) is 5.66. The van der Waals surface area contributed by atoms with Gasteiger partial charge in [0.15, 0.2) is 8.68 Å². The first kappa shape index (κ1) is 13.8. The van der Waals surface area contributed by atoms with Crippen LogP contribution in [-0.4, -0.2) is 15.2 Å². The van der Waals surface area contributed by atoms with Gasteiger partial charge in [-0.25, -0.2) is 4.98 Å². The van der Waals surface area contributed by atoms with E-state index in [9.17, 15) is 0 Å². The van der Waals surface area contributed by atoms with Gasteiger partial charge in [-0.2, -0.15) is 0 Å². The van der Waals surface area contributed by atoms with Crippen LogP contribution in [0.4, 0.5) is 10.8 Å². The molecule has 0 saturated heterocycles. The molecule has 0 saturated carbocycles. The van der Waals surface area contributed by atoms with Crippen molar-refractivity contribution in [3.8, 4) is 0 Å². The number of benzene rings is 1.